The summed E-state index contributed by atoms with van der Waals surface area (Å²) in [4.78, 5) is 4.75. The minimum atomic E-state index is -3.62. The number of hydrogen-bond donors (Lipinski definition) is 0. The van der Waals surface area contributed by atoms with E-state index < -0.39 is 10.0 Å². The van der Waals surface area contributed by atoms with Gasteiger partial charge in [0.15, 0.2) is 0 Å². The van der Waals surface area contributed by atoms with E-state index in [4.69, 9.17) is 4.74 Å². The molecule has 2 atom stereocenters. The monoisotopic (exact) mass is 443 g/mol. The molecule has 1 fully saturated rings. The Hall–Kier alpha value is -1.93. The molecule has 1 saturated heterocycles. The van der Waals surface area contributed by atoms with E-state index in [0.717, 1.165) is 32.5 Å². The summed E-state index contributed by atoms with van der Waals surface area (Å²) < 4.78 is 35.3. The Balaban J connectivity index is 1.61. The molecular weight excluding hydrogens is 410 g/mol. The molecule has 0 N–H and O–H groups in total. The average Bonchev–Trinajstić information content (AvgIpc) is 2.95. The zero-order valence-electron chi connectivity index (χ0n) is 18.7. The van der Waals surface area contributed by atoms with Crippen LogP contribution in [-0.4, -0.2) is 74.9 Å². The van der Waals surface area contributed by atoms with Crippen molar-refractivity contribution < 1.29 is 13.2 Å². The van der Waals surface area contributed by atoms with Gasteiger partial charge in [0.25, 0.3) is 0 Å². The van der Waals surface area contributed by atoms with E-state index in [1.165, 1.54) is 11.1 Å². The maximum Gasteiger partial charge on any atom is 0.247 e. The number of benzene rings is 2. The fourth-order valence-electron chi connectivity index (χ4n) is 4.62. The van der Waals surface area contributed by atoms with Gasteiger partial charge in [-0.2, -0.15) is 4.31 Å². The van der Waals surface area contributed by atoms with Crippen LogP contribution in [0.25, 0.3) is 0 Å². The molecular formula is C24H33N3O3S. The minimum absolute atomic E-state index is 0.150. The third-order valence-electron chi connectivity index (χ3n) is 6.24. The van der Waals surface area contributed by atoms with Gasteiger partial charge in [0, 0.05) is 32.7 Å². The van der Waals surface area contributed by atoms with Crippen LogP contribution in [0.5, 0.6) is 5.75 Å². The van der Waals surface area contributed by atoms with Crippen molar-refractivity contribution in [2.24, 2.45) is 0 Å². The first-order valence-electron chi connectivity index (χ1n) is 11.0. The lowest BCUT2D eigenvalue weighted by molar-refractivity contribution is 0.110. The molecule has 0 aromatic heterocycles. The second-order valence-corrected chi connectivity index (χ2v) is 10.8. The van der Waals surface area contributed by atoms with E-state index in [9.17, 15) is 8.42 Å². The summed E-state index contributed by atoms with van der Waals surface area (Å²) >= 11 is 0. The standard InChI is InChI=1S/C24H33N3O3S/c1-19-7-6-8-20(17-19)18-26-13-11-21-22(12-14-26)30-23-9-4-5-10-24(23)31(28,29)27(21)16-15-25(2)3/h4-10,17,21-22H,11-16,18H2,1-3H3/t21-,22-/m0/s1. The Kier molecular flexibility index (Phi) is 6.67. The molecule has 2 aliphatic rings. The van der Waals surface area contributed by atoms with E-state index in [1.807, 2.05) is 25.1 Å². The number of sulfonamides is 1. The SMILES string of the molecule is Cc1cccc(CN2CC[C@@H]3Oc4ccccc4S(=O)(=O)N(CCN(C)C)[C@H]3CC2)c1. The highest BCUT2D eigenvalue weighted by Gasteiger charge is 2.43. The van der Waals surface area contributed by atoms with Gasteiger partial charge < -0.3 is 9.64 Å². The molecule has 0 unspecified atom stereocenters. The third kappa shape index (κ3) is 4.95. The van der Waals surface area contributed by atoms with Gasteiger partial charge in [-0.1, -0.05) is 42.0 Å². The highest BCUT2D eigenvalue weighted by Crippen LogP contribution is 2.36. The van der Waals surface area contributed by atoms with Gasteiger partial charge in [0.1, 0.15) is 16.7 Å². The maximum absolute atomic E-state index is 13.6. The summed E-state index contributed by atoms with van der Waals surface area (Å²) in [5.41, 5.74) is 2.56. The van der Waals surface area contributed by atoms with Crippen LogP contribution < -0.4 is 4.74 Å². The van der Waals surface area contributed by atoms with Crippen molar-refractivity contribution in [1.29, 1.82) is 0 Å². The molecule has 0 aliphatic carbocycles. The molecule has 7 heteroatoms. The molecule has 2 aliphatic heterocycles. The lowest BCUT2D eigenvalue weighted by Gasteiger charge is -2.32. The van der Waals surface area contributed by atoms with Crippen molar-refractivity contribution >= 4 is 10.0 Å². The largest absolute Gasteiger partial charge is 0.487 e. The average molecular weight is 444 g/mol. The summed E-state index contributed by atoms with van der Waals surface area (Å²) in [7, 11) is 0.330. The third-order valence-corrected chi connectivity index (χ3v) is 8.20. The molecule has 6 nitrogen and oxygen atoms in total. The first-order valence-corrected chi connectivity index (χ1v) is 12.5. The molecule has 168 valence electrons. The van der Waals surface area contributed by atoms with E-state index in [0.29, 0.717) is 23.7 Å². The fraction of sp³-hybridized carbons (Fsp3) is 0.500. The summed E-state index contributed by atoms with van der Waals surface area (Å²) in [6.07, 6.45) is 1.42. The van der Waals surface area contributed by atoms with Crippen molar-refractivity contribution in [3.8, 4) is 5.75 Å². The van der Waals surface area contributed by atoms with Crippen LogP contribution in [0, 0.1) is 6.92 Å². The number of hydrogen-bond acceptors (Lipinski definition) is 5. The van der Waals surface area contributed by atoms with Gasteiger partial charge >= 0.3 is 0 Å². The maximum atomic E-state index is 13.6. The van der Waals surface area contributed by atoms with Crippen molar-refractivity contribution in [2.75, 3.05) is 40.3 Å². The van der Waals surface area contributed by atoms with Gasteiger partial charge in [-0.3, -0.25) is 4.90 Å². The number of rotatable bonds is 5. The van der Waals surface area contributed by atoms with Crippen molar-refractivity contribution in [1.82, 2.24) is 14.1 Å². The number of para-hydroxylation sites is 1. The van der Waals surface area contributed by atoms with Gasteiger partial charge in [0.2, 0.25) is 10.0 Å². The molecule has 0 saturated carbocycles. The van der Waals surface area contributed by atoms with Crippen molar-refractivity contribution in [3.05, 3.63) is 59.7 Å². The van der Waals surface area contributed by atoms with Crippen molar-refractivity contribution in [3.63, 3.8) is 0 Å². The Labute approximate surface area is 186 Å². The van der Waals surface area contributed by atoms with Crippen LogP contribution in [-0.2, 0) is 16.6 Å². The molecule has 2 aromatic carbocycles. The smallest absolute Gasteiger partial charge is 0.247 e. The Morgan fingerprint density at radius 3 is 2.61 bits per heavy atom. The van der Waals surface area contributed by atoms with Gasteiger partial charge in [0.05, 0.1) is 6.04 Å². The lowest BCUT2D eigenvalue weighted by atomic mass is 10.1. The first-order chi connectivity index (χ1) is 14.8. The molecule has 4 rings (SSSR count). The molecule has 0 radical (unpaired) electrons. The number of likely N-dealkylation sites (tertiary alicyclic amines) is 1. The zero-order chi connectivity index (χ0) is 22.0. The van der Waals surface area contributed by atoms with Crippen molar-refractivity contribution in [2.45, 2.75) is 43.4 Å². The number of aryl methyl sites for hydroxylation is 1. The highest BCUT2D eigenvalue weighted by molar-refractivity contribution is 7.89. The molecule has 31 heavy (non-hydrogen) atoms. The normalized spacial score (nSPS) is 24.0. The Bertz CT molecular complexity index is 1010. The van der Waals surface area contributed by atoms with Crippen LogP contribution >= 0.6 is 0 Å². The molecule has 0 spiro atoms. The van der Waals surface area contributed by atoms with E-state index >= 15 is 0 Å². The van der Waals surface area contributed by atoms with Crippen LogP contribution in [0.15, 0.2) is 53.4 Å². The first kappa shape index (κ1) is 22.3. The van der Waals surface area contributed by atoms with E-state index in [1.54, 1.807) is 22.5 Å². The summed E-state index contributed by atoms with van der Waals surface area (Å²) in [5, 5.41) is 0. The minimum Gasteiger partial charge on any atom is -0.487 e. The molecule has 2 heterocycles. The summed E-state index contributed by atoms with van der Waals surface area (Å²) in [5.74, 6) is 0.483. The number of ether oxygens (including phenoxy) is 1. The quantitative estimate of drug-likeness (QED) is 0.711. The van der Waals surface area contributed by atoms with E-state index in [-0.39, 0.29) is 12.1 Å². The lowest BCUT2D eigenvalue weighted by Crippen LogP contribution is -2.49. The van der Waals surface area contributed by atoms with Crippen LogP contribution in [0.4, 0.5) is 0 Å². The topological polar surface area (TPSA) is 53.1 Å². The van der Waals surface area contributed by atoms with E-state index in [2.05, 4.69) is 36.1 Å². The molecule has 0 amide bonds. The predicted molar refractivity (Wildman–Crippen MR) is 123 cm³/mol. The summed E-state index contributed by atoms with van der Waals surface area (Å²) in [6.45, 7) is 5.87. The predicted octanol–water partition coefficient (Wildman–Crippen LogP) is 2.97. The van der Waals surface area contributed by atoms with Gasteiger partial charge in [-0.15, -0.1) is 0 Å². The van der Waals surface area contributed by atoms with Crippen LogP contribution in [0.1, 0.15) is 24.0 Å². The number of likely N-dealkylation sites (N-methyl/N-ethyl adjacent to an activating group) is 1. The Morgan fingerprint density at radius 1 is 1.06 bits per heavy atom. The molecule has 2 aromatic rings. The summed E-state index contributed by atoms with van der Waals surface area (Å²) in [6, 6.07) is 15.5. The second kappa shape index (κ2) is 9.28. The second-order valence-electron chi connectivity index (χ2n) is 8.93. The Morgan fingerprint density at radius 2 is 1.84 bits per heavy atom. The van der Waals surface area contributed by atoms with Crippen LogP contribution in [0.2, 0.25) is 0 Å². The van der Waals surface area contributed by atoms with Gasteiger partial charge in [-0.25, -0.2) is 8.42 Å². The molecule has 0 bridgehead atoms. The number of nitrogens with zero attached hydrogens (tertiary/aromatic N) is 3. The fourth-order valence-corrected chi connectivity index (χ4v) is 6.41. The number of fused-ring (bicyclic) bond motifs is 2. The van der Waals surface area contributed by atoms with Crippen LogP contribution in [0.3, 0.4) is 0 Å². The highest BCUT2D eigenvalue weighted by atomic mass is 32.2. The zero-order valence-corrected chi connectivity index (χ0v) is 19.5. The van der Waals surface area contributed by atoms with Gasteiger partial charge in [-0.05, 0) is 51.6 Å².